The van der Waals surface area contributed by atoms with Gasteiger partial charge in [-0.2, -0.15) is 0 Å². The van der Waals surface area contributed by atoms with Crippen molar-refractivity contribution in [3.8, 4) is 0 Å². The van der Waals surface area contributed by atoms with E-state index in [1.165, 1.54) is 0 Å². The Kier molecular flexibility index (Phi) is 4.87. The zero-order valence-electron chi connectivity index (χ0n) is 12.3. The molecule has 118 valence electrons. The molecular weight excluding hydrogens is 294 g/mol. The zero-order valence-corrected chi connectivity index (χ0v) is 13.1. The molecule has 0 spiro atoms. The molecule has 1 aliphatic rings. The maximum Gasteiger partial charge on any atom is 0.317 e. The molecule has 0 unspecified atom stereocenters. The summed E-state index contributed by atoms with van der Waals surface area (Å²) in [4.78, 5) is 13.6. The first-order valence-electron chi connectivity index (χ1n) is 6.99. The Bertz CT molecular complexity index is 588. The van der Waals surface area contributed by atoms with Gasteiger partial charge < -0.3 is 14.7 Å². The van der Waals surface area contributed by atoms with Crippen LogP contribution in [0.3, 0.4) is 0 Å². The summed E-state index contributed by atoms with van der Waals surface area (Å²) in [7, 11) is -3.05. The van der Waals surface area contributed by atoms with Gasteiger partial charge in [-0.15, -0.1) is 0 Å². The summed E-state index contributed by atoms with van der Waals surface area (Å²) in [6, 6.07) is 1.73. The molecule has 21 heavy (non-hydrogen) atoms. The Morgan fingerprint density at radius 3 is 2.67 bits per heavy atom. The summed E-state index contributed by atoms with van der Waals surface area (Å²) in [5.41, 5.74) is 0.867. The van der Waals surface area contributed by atoms with Crippen molar-refractivity contribution in [3.63, 3.8) is 0 Å². The van der Waals surface area contributed by atoms with Gasteiger partial charge in [0.25, 0.3) is 0 Å². The molecule has 7 nitrogen and oxygen atoms in total. The van der Waals surface area contributed by atoms with Crippen LogP contribution < -0.4 is 5.32 Å². The van der Waals surface area contributed by atoms with Gasteiger partial charge in [0, 0.05) is 37.9 Å². The smallest absolute Gasteiger partial charge is 0.317 e. The summed E-state index contributed by atoms with van der Waals surface area (Å²) < 4.78 is 27.3. The number of aromatic nitrogens is 1. The molecule has 2 heterocycles. The Hall–Kier alpha value is -1.57. The lowest BCUT2D eigenvalue weighted by molar-refractivity contribution is 0.177. The van der Waals surface area contributed by atoms with Crippen molar-refractivity contribution in [2.45, 2.75) is 25.7 Å². The predicted molar refractivity (Wildman–Crippen MR) is 77.9 cm³/mol. The third-order valence-electron chi connectivity index (χ3n) is 3.58. The van der Waals surface area contributed by atoms with Crippen LogP contribution in [0.25, 0.3) is 0 Å². The summed E-state index contributed by atoms with van der Waals surface area (Å²) in [6.07, 6.45) is 2.81. The minimum absolute atomic E-state index is 0.0352. The monoisotopic (exact) mass is 315 g/mol. The van der Waals surface area contributed by atoms with E-state index in [1.807, 2.05) is 13.0 Å². The molecule has 0 aliphatic carbocycles. The molecule has 0 saturated carbocycles. The third kappa shape index (κ3) is 4.73. The average molecular weight is 315 g/mol. The van der Waals surface area contributed by atoms with Crippen LogP contribution in [0.15, 0.2) is 10.6 Å². The largest absolute Gasteiger partial charge is 0.361 e. The SMILES string of the molecule is Cc1cc(C2CCN(C(=O)NCCS(C)(=O)=O)CC2)on1. The van der Waals surface area contributed by atoms with Gasteiger partial charge in [0.05, 0.1) is 11.4 Å². The van der Waals surface area contributed by atoms with E-state index in [4.69, 9.17) is 4.52 Å². The van der Waals surface area contributed by atoms with Crippen molar-refractivity contribution < 1.29 is 17.7 Å². The predicted octanol–water partition coefficient (Wildman–Crippen LogP) is 0.917. The normalized spacial score (nSPS) is 17.0. The molecule has 0 aromatic carbocycles. The van der Waals surface area contributed by atoms with E-state index in [0.717, 1.165) is 30.6 Å². The highest BCUT2D eigenvalue weighted by molar-refractivity contribution is 7.90. The number of nitrogens with zero attached hydrogens (tertiary/aromatic N) is 2. The number of rotatable bonds is 4. The van der Waals surface area contributed by atoms with Crippen LogP contribution >= 0.6 is 0 Å². The van der Waals surface area contributed by atoms with Crippen molar-refractivity contribution in [2.75, 3.05) is 31.6 Å². The van der Waals surface area contributed by atoms with Gasteiger partial charge >= 0.3 is 6.03 Å². The number of aryl methyl sites for hydroxylation is 1. The second-order valence-corrected chi connectivity index (χ2v) is 7.75. The first-order valence-corrected chi connectivity index (χ1v) is 9.05. The summed E-state index contributed by atoms with van der Waals surface area (Å²) in [5.74, 6) is 1.14. The molecule has 1 aliphatic heterocycles. The fourth-order valence-corrected chi connectivity index (χ4v) is 2.87. The van der Waals surface area contributed by atoms with Crippen LogP contribution in [-0.2, 0) is 9.84 Å². The number of hydrogen-bond donors (Lipinski definition) is 1. The van der Waals surface area contributed by atoms with Gasteiger partial charge in [0.15, 0.2) is 0 Å². The van der Waals surface area contributed by atoms with E-state index >= 15 is 0 Å². The number of urea groups is 1. The summed E-state index contributed by atoms with van der Waals surface area (Å²) in [5, 5.41) is 6.52. The highest BCUT2D eigenvalue weighted by Gasteiger charge is 2.26. The van der Waals surface area contributed by atoms with E-state index in [9.17, 15) is 13.2 Å². The van der Waals surface area contributed by atoms with Gasteiger partial charge in [-0.05, 0) is 19.8 Å². The van der Waals surface area contributed by atoms with Crippen molar-refractivity contribution in [1.29, 1.82) is 0 Å². The fourth-order valence-electron chi connectivity index (χ4n) is 2.40. The van der Waals surface area contributed by atoms with E-state index in [1.54, 1.807) is 4.90 Å². The number of piperidine rings is 1. The minimum Gasteiger partial charge on any atom is -0.361 e. The van der Waals surface area contributed by atoms with Crippen molar-refractivity contribution >= 4 is 15.9 Å². The second-order valence-electron chi connectivity index (χ2n) is 5.49. The van der Waals surface area contributed by atoms with Crippen LogP contribution in [0.5, 0.6) is 0 Å². The lowest BCUT2D eigenvalue weighted by Crippen LogP contribution is -2.45. The van der Waals surface area contributed by atoms with Gasteiger partial charge in [0.1, 0.15) is 15.6 Å². The number of carbonyl (C=O) groups excluding carboxylic acids is 1. The van der Waals surface area contributed by atoms with Crippen molar-refractivity contribution in [2.24, 2.45) is 0 Å². The molecule has 2 rings (SSSR count). The van der Waals surface area contributed by atoms with Crippen LogP contribution in [0, 0.1) is 6.92 Å². The Morgan fingerprint density at radius 2 is 2.14 bits per heavy atom. The number of carbonyl (C=O) groups is 1. The second kappa shape index (κ2) is 6.46. The molecule has 2 amide bonds. The zero-order chi connectivity index (χ0) is 15.5. The molecule has 1 N–H and O–H groups in total. The van der Waals surface area contributed by atoms with Crippen LogP contribution in [0.1, 0.15) is 30.2 Å². The van der Waals surface area contributed by atoms with Crippen LogP contribution in [0.2, 0.25) is 0 Å². The van der Waals surface area contributed by atoms with E-state index in [0.29, 0.717) is 19.0 Å². The van der Waals surface area contributed by atoms with Crippen molar-refractivity contribution in [3.05, 3.63) is 17.5 Å². The molecule has 0 atom stereocenters. The van der Waals surface area contributed by atoms with E-state index < -0.39 is 9.84 Å². The average Bonchev–Trinajstić information content (AvgIpc) is 2.84. The fraction of sp³-hybridized carbons (Fsp3) is 0.692. The van der Waals surface area contributed by atoms with Crippen LogP contribution in [0.4, 0.5) is 4.79 Å². The molecule has 0 bridgehead atoms. The Labute approximate surface area is 124 Å². The molecule has 8 heteroatoms. The van der Waals surface area contributed by atoms with Gasteiger partial charge in [-0.25, -0.2) is 13.2 Å². The maximum absolute atomic E-state index is 11.9. The molecule has 1 fully saturated rings. The highest BCUT2D eigenvalue weighted by atomic mass is 32.2. The summed E-state index contributed by atoms with van der Waals surface area (Å²) in [6.45, 7) is 3.31. The number of hydrogen-bond acceptors (Lipinski definition) is 5. The van der Waals surface area contributed by atoms with Gasteiger partial charge in [-0.3, -0.25) is 0 Å². The maximum atomic E-state index is 11.9. The van der Waals surface area contributed by atoms with E-state index in [2.05, 4.69) is 10.5 Å². The first-order chi connectivity index (χ1) is 9.85. The quantitative estimate of drug-likeness (QED) is 0.892. The first kappa shape index (κ1) is 15.8. The van der Waals surface area contributed by atoms with E-state index in [-0.39, 0.29) is 18.3 Å². The molecular formula is C13H21N3O4S. The van der Waals surface area contributed by atoms with Gasteiger partial charge in [-0.1, -0.05) is 5.16 Å². The lowest BCUT2D eigenvalue weighted by atomic mass is 9.94. The molecule has 1 aromatic rings. The molecule has 1 aromatic heterocycles. The third-order valence-corrected chi connectivity index (χ3v) is 4.53. The number of sulfone groups is 1. The van der Waals surface area contributed by atoms with Crippen molar-refractivity contribution in [1.82, 2.24) is 15.4 Å². The lowest BCUT2D eigenvalue weighted by Gasteiger charge is -2.30. The minimum atomic E-state index is -3.05. The number of nitrogens with one attached hydrogen (secondary N) is 1. The van der Waals surface area contributed by atoms with Gasteiger partial charge in [0.2, 0.25) is 0 Å². The van der Waals surface area contributed by atoms with Crippen LogP contribution in [-0.4, -0.2) is 56.1 Å². The molecule has 1 saturated heterocycles. The summed E-state index contributed by atoms with van der Waals surface area (Å²) >= 11 is 0. The Morgan fingerprint density at radius 1 is 1.48 bits per heavy atom. The standard InChI is InChI=1S/C13H21N3O4S/c1-10-9-12(20-15-10)11-3-6-16(7-4-11)13(17)14-5-8-21(2,18)19/h9,11H,3-8H2,1-2H3,(H,14,17). The molecule has 0 radical (unpaired) electrons. The highest BCUT2D eigenvalue weighted by Crippen LogP contribution is 2.28. The number of likely N-dealkylation sites (tertiary alicyclic amines) is 1. The Balaban J connectivity index is 1.77. The number of amides is 2. The topological polar surface area (TPSA) is 92.5 Å².